The Bertz CT molecular complexity index is 1740. The van der Waals surface area contributed by atoms with E-state index in [-0.39, 0.29) is 0 Å². The minimum atomic E-state index is -0.892. The minimum absolute atomic E-state index is 0.426. The van der Waals surface area contributed by atoms with Crippen molar-refractivity contribution < 1.29 is 5.11 Å². The third-order valence-corrected chi connectivity index (χ3v) is 5.95. The summed E-state index contributed by atoms with van der Waals surface area (Å²) in [5.41, 5.74) is 7.53. The van der Waals surface area contributed by atoms with Crippen LogP contribution in [0.5, 0.6) is 5.75 Å². The Morgan fingerprint density at radius 2 is 0.952 bits per heavy atom. The Labute approximate surface area is 242 Å². The number of phenols is 1. The van der Waals surface area contributed by atoms with Crippen molar-refractivity contribution in [1.82, 2.24) is 0 Å². The van der Waals surface area contributed by atoms with E-state index < -0.39 is 33.0 Å². The summed E-state index contributed by atoms with van der Waals surface area (Å²) in [4.78, 5) is 26.7. The van der Waals surface area contributed by atoms with Gasteiger partial charge in [0.2, 0.25) is 10.9 Å². The standard InChI is InChI=1S/C30H33N9O3/c1-4-31-19-7-13-22(14-8-19)34-37-25-28(40)26(38-35-23-15-9-20(10-16-23)32-5-2)30(42)27(29(25)41)39-36-24-17-11-21(12-18-24)33-6-3/h7-18,31-35,41H,4-6H2,1-3H3. The topological polar surface area (TPSA) is 164 Å². The minimum Gasteiger partial charge on any atom is -0.504 e. The number of hydrogen-bond acceptors (Lipinski definition) is 12. The number of rotatable bonds is 12. The van der Waals surface area contributed by atoms with E-state index >= 15 is 0 Å². The summed E-state index contributed by atoms with van der Waals surface area (Å²) in [5, 5.41) is 35.9. The second-order valence-corrected chi connectivity index (χ2v) is 8.99. The summed E-state index contributed by atoms with van der Waals surface area (Å²) >= 11 is 0. The molecule has 0 heterocycles. The van der Waals surface area contributed by atoms with Crippen molar-refractivity contribution in [2.45, 2.75) is 20.8 Å². The van der Waals surface area contributed by atoms with Gasteiger partial charge in [0.05, 0.1) is 17.1 Å². The van der Waals surface area contributed by atoms with E-state index in [2.05, 4.69) is 47.2 Å². The smallest absolute Gasteiger partial charge is 0.241 e. The van der Waals surface area contributed by atoms with Crippen molar-refractivity contribution >= 4 is 39.8 Å². The summed E-state index contributed by atoms with van der Waals surface area (Å²) < 4.78 is 0. The molecule has 0 aliphatic carbocycles. The molecule has 0 amide bonds. The highest BCUT2D eigenvalue weighted by atomic mass is 16.3. The second-order valence-electron chi connectivity index (χ2n) is 8.99. The molecule has 4 rings (SSSR count). The van der Waals surface area contributed by atoms with Crippen LogP contribution in [0.2, 0.25) is 0 Å². The van der Waals surface area contributed by atoms with Gasteiger partial charge in [-0.3, -0.25) is 20.4 Å². The first kappa shape index (κ1) is 29.5. The number of hydrogen-bond donors (Lipinski definition) is 6. The molecule has 0 saturated heterocycles. The van der Waals surface area contributed by atoms with Crippen LogP contribution in [-0.2, 0) is 0 Å². The molecule has 0 aliphatic rings. The molecule has 216 valence electrons. The highest BCUT2D eigenvalue weighted by Crippen LogP contribution is 2.22. The Morgan fingerprint density at radius 3 is 1.40 bits per heavy atom. The number of aromatic hydroxyl groups is 1. The molecular weight excluding hydrogens is 534 g/mol. The lowest BCUT2D eigenvalue weighted by molar-refractivity contribution is 0.467. The zero-order chi connectivity index (χ0) is 29.9. The summed E-state index contributed by atoms with van der Waals surface area (Å²) in [6.07, 6.45) is 0. The van der Waals surface area contributed by atoms with Crippen LogP contribution in [0.25, 0.3) is 0 Å². The van der Waals surface area contributed by atoms with Crippen molar-refractivity contribution in [3.63, 3.8) is 0 Å². The molecule has 12 heteroatoms. The van der Waals surface area contributed by atoms with Crippen molar-refractivity contribution in [2.24, 2.45) is 20.4 Å². The molecule has 4 aromatic carbocycles. The maximum Gasteiger partial charge on any atom is 0.241 e. The SMILES string of the molecule is CCNc1ccc(N=Nc2c(O)c(=NNc3ccc(NCC)cc3)c(=O)c(=NNc3ccc(NCC)cc3)c2=O)cc1. The molecule has 0 aliphatic heterocycles. The first-order chi connectivity index (χ1) is 20.4. The lowest BCUT2D eigenvalue weighted by Crippen LogP contribution is -2.48. The average molecular weight is 568 g/mol. The summed E-state index contributed by atoms with van der Waals surface area (Å²) in [5.74, 6) is -0.705. The molecule has 0 spiro atoms. The van der Waals surface area contributed by atoms with Gasteiger partial charge in [-0.05, 0) is 93.6 Å². The Kier molecular flexibility index (Phi) is 9.97. The number of phenolic OH excluding ortho intramolecular Hbond substituents is 1. The monoisotopic (exact) mass is 567 g/mol. The second kappa shape index (κ2) is 14.2. The fraction of sp³-hybridized carbons (Fsp3) is 0.200. The van der Waals surface area contributed by atoms with Crippen LogP contribution < -0.4 is 48.4 Å². The number of anilines is 5. The fourth-order valence-electron chi connectivity index (χ4n) is 3.88. The molecule has 4 aromatic rings. The van der Waals surface area contributed by atoms with Gasteiger partial charge in [-0.25, -0.2) is 0 Å². The van der Waals surface area contributed by atoms with Crippen LogP contribution in [0.4, 0.5) is 39.8 Å². The van der Waals surface area contributed by atoms with E-state index in [4.69, 9.17) is 0 Å². The van der Waals surface area contributed by atoms with E-state index in [1.165, 1.54) is 0 Å². The highest BCUT2D eigenvalue weighted by Gasteiger charge is 2.17. The molecule has 0 radical (unpaired) electrons. The molecule has 0 aromatic heterocycles. The Hall–Kier alpha value is -5.52. The number of benzene rings is 4. The first-order valence-corrected chi connectivity index (χ1v) is 13.6. The molecule has 0 fully saturated rings. The molecule has 0 unspecified atom stereocenters. The van der Waals surface area contributed by atoms with Crippen LogP contribution in [-0.4, -0.2) is 24.7 Å². The number of nitrogens with zero attached hydrogens (tertiary/aromatic N) is 4. The maximum absolute atomic E-state index is 13.3. The molecular formula is C30H33N9O3. The van der Waals surface area contributed by atoms with Crippen molar-refractivity contribution in [1.29, 1.82) is 0 Å². The molecule has 0 saturated carbocycles. The zero-order valence-corrected chi connectivity index (χ0v) is 23.6. The van der Waals surface area contributed by atoms with Gasteiger partial charge >= 0.3 is 0 Å². The predicted molar refractivity (Wildman–Crippen MR) is 167 cm³/mol. The lowest BCUT2D eigenvalue weighted by Gasteiger charge is -2.05. The quantitative estimate of drug-likeness (QED) is 0.107. The third-order valence-electron chi connectivity index (χ3n) is 5.95. The van der Waals surface area contributed by atoms with Gasteiger partial charge in [0.25, 0.3) is 0 Å². The molecule has 0 bridgehead atoms. The van der Waals surface area contributed by atoms with Crippen molar-refractivity contribution in [3.8, 4) is 5.75 Å². The van der Waals surface area contributed by atoms with Gasteiger partial charge < -0.3 is 21.1 Å². The van der Waals surface area contributed by atoms with Gasteiger partial charge in [-0.15, -0.1) is 5.11 Å². The molecule has 42 heavy (non-hydrogen) atoms. The molecule has 6 N–H and O–H groups in total. The third kappa shape index (κ3) is 7.36. The summed E-state index contributed by atoms with van der Waals surface area (Å²) in [6.45, 7) is 8.25. The normalized spacial score (nSPS) is 12.0. The summed E-state index contributed by atoms with van der Waals surface area (Å²) in [7, 11) is 0. The van der Waals surface area contributed by atoms with E-state index in [1.54, 1.807) is 36.4 Å². The van der Waals surface area contributed by atoms with Crippen molar-refractivity contribution in [3.05, 3.63) is 104 Å². The lowest BCUT2D eigenvalue weighted by atomic mass is 10.2. The fourth-order valence-corrected chi connectivity index (χ4v) is 3.88. The average Bonchev–Trinajstić information content (AvgIpc) is 3.00. The zero-order valence-electron chi connectivity index (χ0n) is 23.6. The van der Waals surface area contributed by atoms with Crippen LogP contribution in [0.1, 0.15) is 20.8 Å². The Balaban J connectivity index is 1.76. The number of nitrogens with one attached hydrogen (secondary N) is 5. The Morgan fingerprint density at radius 1 is 0.548 bits per heavy atom. The van der Waals surface area contributed by atoms with Gasteiger partial charge in [0.1, 0.15) is 0 Å². The number of azo groups is 1. The highest BCUT2D eigenvalue weighted by molar-refractivity contribution is 5.56. The molecule has 0 atom stereocenters. The van der Waals surface area contributed by atoms with E-state index in [0.29, 0.717) is 17.1 Å². The largest absolute Gasteiger partial charge is 0.504 e. The van der Waals surface area contributed by atoms with Crippen molar-refractivity contribution in [2.75, 3.05) is 46.4 Å². The van der Waals surface area contributed by atoms with Crippen LogP contribution in [0, 0.1) is 0 Å². The predicted octanol–water partition coefficient (Wildman–Crippen LogP) is 4.55. The van der Waals surface area contributed by atoms with Gasteiger partial charge in [-0.2, -0.15) is 15.3 Å². The van der Waals surface area contributed by atoms with Gasteiger partial charge in [0.15, 0.2) is 22.2 Å². The van der Waals surface area contributed by atoms with Crippen LogP contribution in [0.3, 0.4) is 0 Å². The first-order valence-electron chi connectivity index (χ1n) is 13.6. The summed E-state index contributed by atoms with van der Waals surface area (Å²) in [6, 6.07) is 21.4. The maximum atomic E-state index is 13.3. The van der Waals surface area contributed by atoms with Gasteiger partial charge in [-0.1, -0.05) is 0 Å². The van der Waals surface area contributed by atoms with E-state index in [0.717, 1.165) is 36.7 Å². The van der Waals surface area contributed by atoms with Crippen LogP contribution in [0.15, 0.2) is 103 Å². The van der Waals surface area contributed by atoms with E-state index in [1.807, 2.05) is 57.2 Å². The van der Waals surface area contributed by atoms with Crippen LogP contribution >= 0.6 is 0 Å². The van der Waals surface area contributed by atoms with E-state index in [9.17, 15) is 14.7 Å². The van der Waals surface area contributed by atoms with Gasteiger partial charge in [0, 0.05) is 36.7 Å². The molecule has 12 nitrogen and oxygen atoms in total.